The fraction of sp³-hybridized carbons (Fsp3) is 0.238. The van der Waals surface area contributed by atoms with E-state index in [-0.39, 0.29) is 17.2 Å². The van der Waals surface area contributed by atoms with Crippen LogP contribution in [0.15, 0.2) is 47.7 Å². The number of nitrogens with one attached hydrogen (secondary N) is 1. The van der Waals surface area contributed by atoms with Crippen LogP contribution in [0.2, 0.25) is 0 Å². The topological polar surface area (TPSA) is 117 Å². The third kappa shape index (κ3) is 6.41. The molecule has 9 nitrogen and oxygen atoms in total. The van der Waals surface area contributed by atoms with Crippen molar-refractivity contribution in [2.45, 2.75) is 5.75 Å². The van der Waals surface area contributed by atoms with Gasteiger partial charge in [0.05, 0.1) is 45.4 Å². The second-order valence-electron chi connectivity index (χ2n) is 6.40. The summed E-state index contributed by atoms with van der Waals surface area (Å²) < 4.78 is 72.3. The van der Waals surface area contributed by atoms with Gasteiger partial charge in [0.15, 0.2) is 9.84 Å². The first kappa shape index (κ1) is 25.1. The predicted molar refractivity (Wildman–Crippen MR) is 123 cm³/mol. The number of ether oxygens (including phenoxy) is 4. The molecule has 2 aromatic rings. The van der Waals surface area contributed by atoms with Crippen LogP contribution in [0, 0.1) is 0 Å². The highest BCUT2D eigenvalue weighted by Gasteiger charge is 2.16. The van der Waals surface area contributed by atoms with Crippen molar-refractivity contribution in [3.63, 3.8) is 0 Å². The molecule has 2 aromatic carbocycles. The maximum atomic E-state index is 12.7. The molecule has 0 aromatic heterocycles. The summed E-state index contributed by atoms with van der Waals surface area (Å²) in [4.78, 5) is 0. The van der Waals surface area contributed by atoms with Gasteiger partial charge in [0.1, 0.15) is 23.0 Å². The average Bonchev–Trinajstić information content (AvgIpc) is 2.76. The molecular weight excluding hydrogens is 458 g/mol. The van der Waals surface area contributed by atoms with Crippen LogP contribution in [-0.4, -0.2) is 45.3 Å². The van der Waals surface area contributed by atoms with Gasteiger partial charge in [-0.05, 0) is 23.8 Å². The number of anilines is 1. The van der Waals surface area contributed by atoms with Crippen LogP contribution in [-0.2, 0) is 25.6 Å². The van der Waals surface area contributed by atoms with Crippen molar-refractivity contribution in [1.82, 2.24) is 0 Å². The minimum atomic E-state index is -3.80. The maximum Gasteiger partial charge on any atom is 0.254 e. The zero-order chi connectivity index (χ0) is 23.9. The minimum absolute atomic E-state index is 0.0996. The molecule has 174 valence electrons. The highest BCUT2D eigenvalue weighted by atomic mass is 32.2. The fourth-order valence-electron chi connectivity index (χ4n) is 2.77. The average molecular weight is 484 g/mol. The van der Waals surface area contributed by atoms with E-state index in [4.69, 9.17) is 18.9 Å². The highest BCUT2D eigenvalue weighted by molar-refractivity contribution is 7.95. The molecule has 0 bridgehead atoms. The molecule has 0 saturated heterocycles. The van der Waals surface area contributed by atoms with E-state index in [9.17, 15) is 16.8 Å². The standard InChI is InChI=1S/C21H25NO8S2/c1-6-32(25,26)22-18-11-15(7-8-19(18)28-3)14-31(23,24)10-9-17-20(29-4)12-16(27-2)13-21(17)30-5/h6-13,22H,1,14H2,2-5H3. The van der Waals surface area contributed by atoms with Gasteiger partial charge in [-0.3, -0.25) is 4.72 Å². The Labute approximate surface area is 188 Å². The summed E-state index contributed by atoms with van der Waals surface area (Å²) in [5.41, 5.74) is 0.877. The Balaban J connectivity index is 2.37. The summed E-state index contributed by atoms with van der Waals surface area (Å²) in [6.07, 6.45) is 1.37. The number of rotatable bonds is 11. The Morgan fingerprint density at radius 1 is 0.875 bits per heavy atom. The van der Waals surface area contributed by atoms with E-state index < -0.39 is 19.9 Å². The van der Waals surface area contributed by atoms with Gasteiger partial charge in [-0.1, -0.05) is 12.6 Å². The van der Waals surface area contributed by atoms with Crippen LogP contribution in [0.4, 0.5) is 5.69 Å². The zero-order valence-electron chi connectivity index (χ0n) is 18.1. The first-order chi connectivity index (χ1) is 15.1. The minimum Gasteiger partial charge on any atom is -0.496 e. The van der Waals surface area contributed by atoms with Crippen LogP contribution >= 0.6 is 0 Å². The zero-order valence-corrected chi connectivity index (χ0v) is 19.7. The molecule has 11 heteroatoms. The van der Waals surface area contributed by atoms with Gasteiger partial charge >= 0.3 is 0 Å². The summed E-state index contributed by atoms with van der Waals surface area (Å²) in [5.74, 6) is 1.10. The molecule has 32 heavy (non-hydrogen) atoms. The second-order valence-corrected chi connectivity index (χ2v) is 9.92. The van der Waals surface area contributed by atoms with Gasteiger partial charge in [0, 0.05) is 22.9 Å². The first-order valence-electron chi connectivity index (χ1n) is 9.11. The number of sulfone groups is 1. The first-order valence-corrected chi connectivity index (χ1v) is 12.4. The van der Waals surface area contributed by atoms with Gasteiger partial charge in [0.2, 0.25) is 0 Å². The van der Waals surface area contributed by atoms with E-state index in [0.29, 0.717) is 28.4 Å². The third-order valence-corrected chi connectivity index (χ3v) is 6.53. The summed E-state index contributed by atoms with van der Waals surface area (Å²) in [5, 5.41) is 1.78. The van der Waals surface area contributed by atoms with E-state index in [1.165, 1.54) is 52.7 Å². The summed E-state index contributed by atoms with van der Waals surface area (Å²) in [6.45, 7) is 3.23. The second kappa shape index (κ2) is 10.4. The van der Waals surface area contributed by atoms with Crippen molar-refractivity contribution in [1.29, 1.82) is 0 Å². The number of hydrogen-bond donors (Lipinski definition) is 1. The van der Waals surface area contributed by atoms with Gasteiger partial charge in [-0.2, -0.15) is 0 Å². The largest absolute Gasteiger partial charge is 0.496 e. The van der Waals surface area contributed by atoms with Crippen LogP contribution in [0.3, 0.4) is 0 Å². The Hall–Kier alpha value is -3.18. The highest BCUT2D eigenvalue weighted by Crippen LogP contribution is 2.35. The van der Waals surface area contributed by atoms with Gasteiger partial charge in [-0.15, -0.1) is 0 Å². The molecule has 0 spiro atoms. The SMILES string of the molecule is C=CS(=O)(=O)Nc1cc(CS(=O)(=O)C=Cc2c(OC)cc(OC)cc2OC)ccc1OC. The van der Waals surface area contributed by atoms with Crippen molar-refractivity contribution in [3.8, 4) is 23.0 Å². The van der Waals surface area contributed by atoms with E-state index in [2.05, 4.69) is 11.3 Å². The van der Waals surface area contributed by atoms with E-state index in [1.54, 1.807) is 12.1 Å². The summed E-state index contributed by atoms with van der Waals surface area (Å²) >= 11 is 0. The lowest BCUT2D eigenvalue weighted by Gasteiger charge is -2.13. The molecule has 0 unspecified atom stereocenters. The predicted octanol–water partition coefficient (Wildman–Crippen LogP) is 3.19. The molecule has 0 atom stereocenters. The molecule has 0 saturated carbocycles. The molecule has 0 aliphatic heterocycles. The van der Waals surface area contributed by atoms with E-state index in [1.807, 2.05) is 0 Å². The molecule has 0 amide bonds. The maximum absolute atomic E-state index is 12.7. The van der Waals surface area contributed by atoms with Gasteiger partial charge in [-0.25, -0.2) is 16.8 Å². The molecular formula is C21H25NO8S2. The van der Waals surface area contributed by atoms with Crippen LogP contribution in [0.1, 0.15) is 11.1 Å². The smallest absolute Gasteiger partial charge is 0.254 e. The number of sulfonamides is 1. The molecule has 1 N–H and O–H groups in total. The molecule has 2 rings (SSSR count). The van der Waals surface area contributed by atoms with Crippen molar-refractivity contribution < 1.29 is 35.8 Å². The molecule has 0 aliphatic carbocycles. The molecule has 0 radical (unpaired) electrons. The summed E-state index contributed by atoms with van der Waals surface area (Å²) in [6, 6.07) is 7.61. The quantitative estimate of drug-likeness (QED) is 0.518. The van der Waals surface area contributed by atoms with E-state index >= 15 is 0 Å². The lowest BCUT2D eigenvalue weighted by molar-refractivity contribution is 0.374. The lowest BCUT2D eigenvalue weighted by atomic mass is 10.1. The van der Waals surface area contributed by atoms with Crippen molar-refractivity contribution >= 4 is 31.6 Å². The normalized spacial score (nSPS) is 11.8. The van der Waals surface area contributed by atoms with Crippen LogP contribution < -0.4 is 23.7 Å². The van der Waals surface area contributed by atoms with Crippen molar-refractivity contribution in [2.75, 3.05) is 33.2 Å². The van der Waals surface area contributed by atoms with E-state index in [0.717, 1.165) is 10.8 Å². The summed E-state index contributed by atoms with van der Waals surface area (Å²) in [7, 11) is -1.79. The molecule has 0 heterocycles. The van der Waals surface area contributed by atoms with Crippen LogP contribution in [0.25, 0.3) is 6.08 Å². The van der Waals surface area contributed by atoms with Crippen molar-refractivity contribution in [2.24, 2.45) is 0 Å². The Kier molecular flexibility index (Phi) is 8.17. The van der Waals surface area contributed by atoms with Crippen LogP contribution in [0.5, 0.6) is 23.0 Å². The monoisotopic (exact) mass is 483 g/mol. The molecule has 0 aliphatic rings. The van der Waals surface area contributed by atoms with Gasteiger partial charge < -0.3 is 18.9 Å². The van der Waals surface area contributed by atoms with Crippen molar-refractivity contribution in [3.05, 3.63) is 58.9 Å². The number of hydrogen-bond acceptors (Lipinski definition) is 8. The Morgan fingerprint density at radius 3 is 1.97 bits per heavy atom. The fourth-order valence-corrected chi connectivity index (χ4v) is 4.40. The Bertz CT molecular complexity index is 1190. The number of benzene rings is 2. The molecule has 0 fully saturated rings. The Morgan fingerprint density at radius 2 is 1.47 bits per heavy atom. The number of methoxy groups -OCH3 is 4. The van der Waals surface area contributed by atoms with Gasteiger partial charge in [0.25, 0.3) is 10.0 Å². The third-order valence-electron chi connectivity index (χ3n) is 4.30. The lowest BCUT2D eigenvalue weighted by Crippen LogP contribution is -2.10.